The summed E-state index contributed by atoms with van der Waals surface area (Å²) in [5.41, 5.74) is 3.38. The highest BCUT2D eigenvalue weighted by molar-refractivity contribution is 7.99. The van der Waals surface area contributed by atoms with Crippen LogP contribution in [-0.4, -0.2) is 49.1 Å². The maximum atomic E-state index is 8.32. The minimum Gasteiger partial charge on any atom is -0.370 e. The summed E-state index contributed by atoms with van der Waals surface area (Å²) in [6.07, 6.45) is 4.75. The molecule has 1 fully saturated rings. The van der Waals surface area contributed by atoms with Crippen molar-refractivity contribution in [1.82, 2.24) is 4.90 Å². The van der Waals surface area contributed by atoms with Crippen molar-refractivity contribution < 1.29 is 0 Å². The number of nitrogens with one attached hydrogen (secondary N) is 1. The fourth-order valence-electron chi connectivity index (χ4n) is 3.90. The fourth-order valence-corrected chi connectivity index (χ4v) is 5.68. The smallest absolute Gasteiger partial charge is 0.0529 e. The van der Waals surface area contributed by atoms with Crippen LogP contribution in [0.2, 0.25) is 0 Å². The second-order valence-corrected chi connectivity index (χ2v) is 9.26. The van der Waals surface area contributed by atoms with Crippen LogP contribution in [0, 0.1) is 5.41 Å². The van der Waals surface area contributed by atoms with Crippen LogP contribution in [0.3, 0.4) is 0 Å². The maximum Gasteiger partial charge on any atom is 0.0529 e. The molecule has 0 unspecified atom stereocenters. The van der Waals surface area contributed by atoms with Crippen LogP contribution in [0.4, 0.5) is 5.69 Å². The molecule has 2 aliphatic heterocycles. The van der Waals surface area contributed by atoms with E-state index in [0.29, 0.717) is 0 Å². The van der Waals surface area contributed by atoms with Crippen molar-refractivity contribution >= 4 is 34.5 Å². The normalized spacial score (nSPS) is 17.5. The van der Waals surface area contributed by atoms with Gasteiger partial charge in [0.1, 0.15) is 0 Å². The lowest BCUT2D eigenvalue weighted by molar-refractivity contribution is 0.334. The predicted molar refractivity (Wildman–Crippen MR) is 115 cm³/mol. The minimum atomic E-state index is 0.725. The van der Waals surface area contributed by atoms with Crippen molar-refractivity contribution in [2.45, 2.75) is 30.6 Å². The summed E-state index contributed by atoms with van der Waals surface area (Å²) >= 11 is 3.63. The first-order chi connectivity index (χ1) is 12.8. The molecule has 0 spiro atoms. The van der Waals surface area contributed by atoms with E-state index < -0.39 is 0 Å². The van der Waals surface area contributed by atoms with Gasteiger partial charge in [-0.15, -0.1) is 23.1 Å². The summed E-state index contributed by atoms with van der Waals surface area (Å²) in [5, 5.41) is 10.4. The molecular formula is C21H27N3S2. The van der Waals surface area contributed by atoms with Gasteiger partial charge in [0, 0.05) is 35.0 Å². The Kier molecular flexibility index (Phi) is 5.98. The second kappa shape index (κ2) is 8.59. The molecule has 0 bridgehead atoms. The predicted octanol–water partition coefficient (Wildman–Crippen LogP) is 4.76. The molecule has 1 saturated heterocycles. The fraction of sp³-hybridized carbons (Fsp3) is 0.476. The quantitative estimate of drug-likeness (QED) is 0.697. The first-order valence-corrected chi connectivity index (χ1v) is 11.5. The van der Waals surface area contributed by atoms with Gasteiger partial charge in [0.2, 0.25) is 0 Å². The molecule has 0 atom stereocenters. The second-order valence-electron chi connectivity index (χ2n) is 7.17. The van der Waals surface area contributed by atoms with E-state index in [9.17, 15) is 0 Å². The summed E-state index contributed by atoms with van der Waals surface area (Å²) in [4.78, 5) is 7.66. The highest BCUT2D eigenvalue weighted by Crippen LogP contribution is 2.35. The zero-order valence-electron chi connectivity index (χ0n) is 15.2. The van der Waals surface area contributed by atoms with Crippen molar-refractivity contribution in [2.75, 3.05) is 43.4 Å². The molecule has 4 rings (SSSR count). The Morgan fingerprint density at radius 3 is 2.77 bits per heavy atom. The van der Waals surface area contributed by atoms with E-state index >= 15 is 0 Å². The third-order valence-corrected chi connectivity index (χ3v) is 7.24. The number of fused-ring (bicyclic) bond motifs is 1. The van der Waals surface area contributed by atoms with Gasteiger partial charge in [0.25, 0.3) is 0 Å². The summed E-state index contributed by atoms with van der Waals surface area (Å²) in [6.45, 7) is 6.16. The van der Waals surface area contributed by atoms with E-state index in [1.54, 1.807) is 11.3 Å². The number of anilines is 1. The van der Waals surface area contributed by atoms with E-state index in [2.05, 4.69) is 28.0 Å². The molecule has 3 heterocycles. The number of nitrogens with zero attached hydrogens (tertiary/aromatic N) is 2. The molecule has 0 amide bonds. The Bertz CT molecular complexity index is 736. The topological polar surface area (TPSA) is 30.3 Å². The number of benzene rings is 1. The molecular weight excluding hydrogens is 358 g/mol. The van der Waals surface area contributed by atoms with Crippen molar-refractivity contribution in [3.8, 4) is 0 Å². The van der Waals surface area contributed by atoms with Gasteiger partial charge in [-0.05, 0) is 68.0 Å². The number of hydrogen-bond acceptors (Lipinski definition) is 5. The largest absolute Gasteiger partial charge is 0.370 e. The number of hydrogen-bond donors (Lipinski definition) is 1. The minimum absolute atomic E-state index is 0.725. The van der Waals surface area contributed by atoms with Gasteiger partial charge in [-0.2, -0.15) is 0 Å². The Hall–Kier alpha value is -1.30. The standard InChI is InChI=1S/C21H27N3S2/c22-18(20-5-3-13-25-20)15-17-6-7-19-21(16-17)26-14-12-24(19)11-4-10-23-8-1-2-9-23/h3,5-7,13,16,22H,1-2,4,8-12,14-15H2. The van der Waals surface area contributed by atoms with Gasteiger partial charge in [0.15, 0.2) is 0 Å². The molecule has 5 heteroatoms. The van der Waals surface area contributed by atoms with Gasteiger partial charge in [0.05, 0.1) is 11.4 Å². The highest BCUT2D eigenvalue weighted by Gasteiger charge is 2.19. The first kappa shape index (κ1) is 18.1. The molecule has 1 aromatic heterocycles. The van der Waals surface area contributed by atoms with Gasteiger partial charge in [-0.1, -0.05) is 12.1 Å². The average molecular weight is 386 g/mol. The maximum absolute atomic E-state index is 8.32. The van der Waals surface area contributed by atoms with Crippen LogP contribution < -0.4 is 4.90 Å². The summed E-state index contributed by atoms with van der Waals surface area (Å²) in [6, 6.07) is 10.9. The molecule has 3 nitrogen and oxygen atoms in total. The molecule has 1 aromatic carbocycles. The number of thioether (sulfide) groups is 1. The number of rotatable bonds is 7. The Balaban J connectivity index is 1.37. The Morgan fingerprint density at radius 2 is 1.96 bits per heavy atom. The van der Waals surface area contributed by atoms with Gasteiger partial charge in [-0.25, -0.2) is 0 Å². The highest BCUT2D eigenvalue weighted by atomic mass is 32.2. The van der Waals surface area contributed by atoms with E-state index in [1.807, 2.05) is 29.3 Å². The van der Waals surface area contributed by atoms with Crippen LogP contribution >= 0.6 is 23.1 Å². The summed E-state index contributed by atoms with van der Waals surface area (Å²) in [5.74, 6) is 1.17. The van der Waals surface area contributed by atoms with E-state index in [1.165, 1.54) is 60.8 Å². The van der Waals surface area contributed by atoms with E-state index in [-0.39, 0.29) is 0 Å². The lowest BCUT2D eigenvalue weighted by Crippen LogP contribution is -2.32. The molecule has 138 valence electrons. The van der Waals surface area contributed by atoms with Crippen LogP contribution in [0.1, 0.15) is 29.7 Å². The summed E-state index contributed by atoms with van der Waals surface area (Å²) in [7, 11) is 0. The SMILES string of the molecule is N=C(Cc1ccc2c(c1)SCCN2CCCN1CCCC1)c1cccs1. The molecule has 2 aromatic rings. The van der Waals surface area contributed by atoms with Crippen molar-refractivity contribution in [3.63, 3.8) is 0 Å². The number of likely N-dealkylation sites (tertiary alicyclic amines) is 1. The molecule has 0 aliphatic carbocycles. The third kappa shape index (κ3) is 4.33. The van der Waals surface area contributed by atoms with Crippen LogP contribution in [-0.2, 0) is 6.42 Å². The van der Waals surface area contributed by atoms with E-state index in [0.717, 1.165) is 30.1 Å². The van der Waals surface area contributed by atoms with Crippen molar-refractivity contribution in [3.05, 3.63) is 46.2 Å². The van der Waals surface area contributed by atoms with Gasteiger partial charge in [-0.3, -0.25) is 0 Å². The van der Waals surface area contributed by atoms with Crippen LogP contribution in [0.25, 0.3) is 0 Å². The molecule has 0 radical (unpaired) electrons. The third-order valence-electron chi connectivity index (χ3n) is 5.28. The van der Waals surface area contributed by atoms with Crippen LogP contribution in [0.15, 0.2) is 40.6 Å². The van der Waals surface area contributed by atoms with Crippen molar-refractivity contribution in [1.29, 1.82) is 5.41 Å². The Morgan fingerprint density at radius 1 is 1.08 bits per heavy atom. The summed E-state index contributed by atoms with van der Waals surface area (Å²) < 4.78 is 0. The monoisotopic (exact) mass is 385 g/mol. The lowest BCUT2D eigenvalue weighted by Gasteiger charge is -2.31. The molecule has 0 saturated carbocycles. The molecule has 26 heavy (non-hydrogen) atoms. The zero-order chi connectivity index (χ0) is 17.8. The molecule has 2 aliphatic rings. The molecule has 1 N–H and O–H groups in total. The lowest BCUT2D eigenvalue weighted by atomic mass is 10.1. The number of thiophene rings is 1. The Labute approximate surface area is 164 Å². The zero-order valence-corrected chi connectivity index (χ0v) is 16.9. The van der Waals surface area contributed by atoms with Crippen molar-refractivity contribution in [2.24, 2.45) is 0 Å². The van der Waals surface area contributed by atoms with E-state index in [4.69, 9.17) is 5.41 Å². The van der Waals surface area contributed by atoms with Crippen LogP contribution in [0.5, 0.6) is 0 Å². The first-order valence-electron chi connectivity index (χ1n) is 9.64. The average Bonchev–Trinajstić information content (AvgIpc) is 3.36. The van der Waals surface area contributed by atoms with Gasteiger partial charge < -0.3 is 15.2 Å². The van der Waals surface area contributed by atoms with Gasteiger partial charge >= 0.3 is 0 Å².